The molecule has 8 heteroatoms. The summed E-state index contributed by atoms with van der Waals surface area (Å²) in [6.07, 6.45) is 2.58. The molecule has 0 radical (unpaired) electrons. The number of hydrogen-bond donors (Lipinski definition) is 1. The van der Waals surface area contributed by atoms with Gasteiger partial charge in [0.25, 0.3) is 11.5 Å². The van der Waals surface area contributed by atoms with E-state index in [-0.39, 0.29) is 24.1 Å². The number of nitrogens with one attached hydrogen (secondary N) is 1. The number of H-pyrrole nitrogens is 1. The SMILES string of the molecule is C[C@@H]1CN(C(=O)c2cc(Cn3c(=O)[nH]c(=O)c4ccccc43)ccc2F)CCN1CC1CC1. The Balaban J connectivity index is 1.39. The quantitative estimate of drug-likeness (QED) is 0.648. The molecule has 5 rings (SSSR count). The zero-order valence-electron chi connectivity index (χ0n) is 18.6. The van der Waals surface area contributed by atoms with Crippen LogP contribution in [-0.2, 0) is 6.54 Å². The van der Waals surface area contributed by atoms with Crippen molar-refractivity contribution in [2.24, 2.45) is 5.92 Å². The van der Waals surface area contributed by atoms with E-state index in [0.717, 1.165) is 19.0 Å². The molecular weight excluding hydrogens is 423 g/mol. The molecule has 1 saturated carbocycles. The highest BCUT2D eigenvalue weighted by Gasteiger charge is 2.32. The van der Waals surface area contributed by atoms with Crippen LogP contribution in [0, 0.1) is 11.7 Å². The van der Waals surface area contributed by atoms with E-state index in [4.69, 9.17) is 0 Å². The predicted octanol–water partition coefficient (Wildman–Crippen LogP) is 2.43. The molecule has 0 unspecified atom stereocenters. The third-order valence-electron chi connectivity index (χ3n) is 6.75. The van der Waals surface area contributed by atoms with Crippen molar-refractivity contribution >= 4 is 16.8 Å². The van der Waals surface area contributed by atoms with Crippen LogP contribution in [0.2, 0.25) is 0 Å². The first-order valence-corrected chi connectivity index (χ1v) is 11.4. The number of piperazine rings is 1. The van der Waals surface area contributed by atoms with E-state index in [2.05, 4.69) is 16.8 Å². The second-order valence-corrected chi connectivity index (χ2v) is 9.22. The number of amides is 1. The Labute approximate surface area is 190 Å². The van der Waals surface area contributed by atoms with Gasteiger partial charge in [0.15, 0.2) is 0 Å². The van der Waals surface area contributed by atoms with Gasteiger partial charge in [-0.1, -0.05) is 18.2 Å². The fourth-order valence-corrected chi connectivity index (χ4v) is 4.67. The van der Waals surface area contributed by atoms with Gasteiger partial charge in [0.1, 0.15) is 5.82 Å². The van der Waals surface area contributed by atoms with Crippen molar-refractivity contribution in [1.82, 2.24) is 19.4 Å². The first-order valence-electron chi connectivity index (χ1n) is 11.4. The van der Waals surface area contributed by atoms with Crippen LogP contribution < -0.4 is 11.2 Å². The molecule has 172 valence electrons. The van der Waals surface area contributed by atoms with E-state index in [0.29, 0.717) is 29.6 Å². The lowest BCUT2D eigenvalue weighted by atomic mass is 10.1. The van der Waals surface area contributed by atoms with Gasteiger partial charge in [-0.3, -0.25) is 24.0 Å². The maximum Gasteiger partial charge on any atom is 0.329 e. The molecule has 0 bridgehead atoms. The van der Waals surface area contributed by atoms with Crippen LogP contribution >= 0.6 is 0 Å². The number of benzene rings is 2. The van der Waals surface area contributed by atoms with E-state index in [1.807, 2.05) is 0 Å². The van der Waals surface area contributed by atoms with Crippen LogP contribution in [0.3, 0.4) is 0 Å². The van der Waals surface area contributed by atoms with Crippen molar-refractivity contribution in [2.45, 2.75) is 32.4 Å². The fraction of sp³-hybridized carbons (Fsp3) is 0.400. The summed E-state index contributed by atoms with van der Waals surface area (Å²) in [7, 11) is 0. The normalized spacial score (nSPS) is 19.2. The van der Waals surface area contributed by atoms with Crippen LogP contribution in [0.5, 0.6) is 0 Å². The Kier molecular flexibility index (Phi) is 5.62. The van der Waals surface area contributed by atoms with Gasteiger partial charge in [0.2, 0.25) is 0 Å². The highest BCUT2D eigenvalue weighted by Crippen LogP contribution is 2.31. The van der Waals surface area contributed by atoms with Crippen molar-refractivity contribution in [3.05, 3.63) is 80.2 Å². The van der Waals surface area contributed by atoms with Gasteiger partial charge in [-0.15, -0.1) is 0 Å². The maximum absolute atomic E-state index is 14.7. The van der Waals surface area contributed by atoms with Crippen LogP contribution in [0.4, 0.5) is 4.39 Å². The molecule has 2 aliphatic rings. The van der Waals surface area contributed by atoms with E-state index < -0.39 is 17.1 Å². The lowest BCUT2D eigenvalue weighted by molar-refractivity contribution is 0.0499. The summed E-state index contributed by atoms with van der Waals surface area (Å²) >= 11 is 0. The Morgan fingerprint density at radius 1 is 1.12 bits per heavy atom. The third-order valence-corrected chi connectivity index (χ3v) is 6.75. The molecule has 3 aromatic rings. The summed E-state index contributed by atoms with van der Waals surface area (Å²) in [6.45, 7) is 5.24. The van der Waals surface area contributed by atoms with Crippen molar-refractivity contribution in [3.8, 4) is 0 Å². The van der Waals surface area contributed by atoms with Crippen LogP contribution in [0.1, 0.15) is 35.7 Å². The highest BCUT2D eigenvalue weighted by atomic mass is 19.1. The summed E-state index contributed by atoms with van der Waals surface area (Å²) in [5, 5.41) is 0.397. The van der Waals surface area contributed by atoms with E-state index in [1.165, 1.54) is 29.5 Å². The minimum atomic E-state index is -0.574. The monoisotopic (exact) mass is 450 g/mol. The topological polar surface area (TPSA) is 78.4 Å². The van der Waals surface area contributed by atoms with Crippen molar-refractivity contribution in [3.63, 3.8) is 0 Å². The van der Waals surface area contributed by atoms with Gasteiger partial charge in [0.05, 0.1) is 23.0 Å². The van der Waals surface area contributed by atoms with Gasteiger partial charge < -0.3 is 4.90 Å². The molecule has 0 spiro atoms. The molecule has 7 nitrogen and oxygen atoms in total. The van der Waals surface area contributed by atoms with E-state index in [1.54, 1.807) is 35.2 Å². The zero-order chi connectivity index (χ0) is 23.1. The molecule has 2 heterocycles. The number of hydrogen-bond acceptors (Lipinski definition) is 4. The number of carbonyl (C=O) groups excluding carboxylic acids is 1. The minimum absolute atomic E-state index is 0.0112. The Morgan fingerprint density at radius 2 is 1.91 bits per heavy atom. The second-order valence-electron chi connectivity index (χ2n) is 9.22. The molecule has 1 aliphatic heterocycles. The third kappa shape index (κ3) is 4.35. The largest absolute Gasteiger partial charge is 0.336 e. The fourth-order valence-electron chi connectivity index (χ4n) is 4.67. The molecule has 1 saturated heterocycles. The number of nitrogens with zero attached hydrogens (tertiary/aromatic N) is 3. The number of fused-ring (bicyclic) bond motifs is 1. The number of halogens is 1. The van der Waals surface area contributed by atoms with E-state index in [9.17, 15) is 18.8 Å². The van der Waals surface area contributed by atoms with Crippen LogP contribution in [-0.4, -0.2) is 57.5 Å². The summed E-state index contributed by atoms with van der Waals surface area (Å²) in [4.78, 5) is 44.3. The van der Waals surface area contributed by atoms with Gasteiger partial charge in [-0.25, -0.2) is 9.18 Å². The molecule has 2 aromatic carbocycles. The van der Waals surface area contributed by atoms with Crippen LogP contribution in [0.15, 0.2) is 52.1 Å². The Morgan fingerprint density at radius 3 is 2.67 bits per heavy atom. The molecule has 1 aliphatic carbocycles. The molecule has 2 fully saturated rings. The summed E-state index contributed by atoms with van der Waals surface area (Å²) < 4.78 is 16.1. The standard InChI is InChI=1S/C25H27FN4O3/c1-16-13-29(11-10-28(16)14-17-6-7-17)24(32)20-12-18(8-9-21(20)26)15-30-22-5-3-2-4-19(22)23(31)27-25(30)33/h2-5,8-9,12,16-17H,6-7,10-11,13-15H2,1H3,(H,27,31,33)/t16-/m1/s1. The molecule has 1 N–H and O–H groups in total. The summed E-state index contributed by atoms with van der Waals surface area (Å²) in [5.41, 5.74) is 0.119. The van der Waals surface area contributed by atoms with Gasteiger partial charge in [0, 0.05) is 32.2 Å². The molecule has 1 amide bonds. The number of aromatic nitrogens is 2. The second kappa shape index (κ2) is 8.59. The van der Waals surface area contributed by atoms with E-state index >= 15 is 0 Å². The minimum Gasteiger partial charge on any atom is -0.336 e. The first kappa shape index (κ1) is 21.6. The van der Waals surface area contributed by atoms with Crippen molar-refractivity contribution in [2.75, 3.05) is 26.2 Å². The number of rotatable bonds is 5. The van der Waals surface area contributed by atoms with Gasteiger partial charge >= 0.3 is 5.69 Å². The average molecular weight is 451 g/mol. The highest BCUT2D eigenvalue weighted by molar-refractivity contribution is 5.94. The summed E-state index contributed by atoms with van der Waals surface area (Å²) in [5.74, 6) is -0.113. The number of para-hydroxylation sites is 1. The average Bonchev–Trinajstić information content (AvgIpc) is 3.63. The molecular formula is C25H27FN4O3. The van der Waals surface area contributed by atoms with Crippen molar-refractivity contribution < 1.29 is 9.18 Å². The molecule has 33 heavy (non-hydrogen) atoms. The maximum atomic E-state index is 14.7. The Hall–Kier alpha value is -3.26. The zero-order valence-corrected chi connectivity index (χ0v) is 18.6. The van der Waals surface area contributed by atoms with Crippen LogP contribution in [0.25, 0.3) is 10.9 Å². The first-order chi connectivity index (χ1) is 15.9. The molecule has 1 aromatic heterocycles. The predicted molar refractivity (Wildman–Crippen MR) is 124 cm³/mol. The molecule has 1 atom stereocenters. The smallest absolute Gasteiger partial charge is 0.329 e. The van der Waals surface area contributed by atoms with Gasteiger partial charge in [-0.05, 0) is 55.5 Å². The van der Waals surface area contributed by atoms with Gasteiger partial charge in [-0.2, -0.15) is 0 Å². The Bertz CT molecular complexity index is 1330. The number of carbonyl (C=O) groups is 1. The lowest BCUT2D eigenvalue weighted by Gasteiger charge is -2.40. The lowest BCUT2D eigenvalue weighted by Crippen LogP contribution is -2.54. The number of aromatic amines is 1. The summed E-state index contributed by atoms with van der Waals surface area (Å²) in [6, 6.07) is 11.4. The van der Waals surface area contributed by atoms with Crippen molar-refractivity contribution in [1.29, 1.82) is 0 Å².